The standard InChI is InChI=1S/C25H26N2/c1-3-9-22(10-4-1)24-13-16-27(17-14-24)15-7-8-21-18-25(20-26-19-21)23-11-5-2-6-12-23/h1-6,9-13,18-20H,7-8,14-17H2. The van der Waals surface area contributed by atoms with Gasteiger partial charge < -0.3 is 0 Å². The molecule has 0 bridgehead atoms. The topological polar surface area (TPSA) is 16.1 Å². The average molecular weight is 354 g/mol. The molecule has 1 aromatic heterocycles. The number of hydrogen-bond donors (Lipinski definition) is 0. The molecular weight excluding hydrogens is 328 g/mol. The maximum Gasteiger partial charge on any atom is 0.0346 e. The first-order valence-electron chi connectivity index (χ1n) is 9.85. The summed E-state index contributed by atoms with van der Waals surface area (Å²) in [6.07, 6.45) is 9.77. The number of pyridine rings is 1. The Balaban J connectivity index is 1.29. The van der Waals surface area contributed by atoms with E-state index in [9.17, 15) is 0 Å². The summed E-state index contributed by atoms with van der Waals surface area (Å²) in [5, 5.41) is 0. The van der Waals surface area contributed by atoms with Crippen molar-refractivity contribution in [3.05, 3.63) is 96.3 Å². The van der Waals surface area contributed by atoms with Gasteiger partial charge in [0.2, 0.25) is 0 Å². The van der Waals surface area contributed by atoms with Crippen LogP contribution in [0, 0.1) is 0 Å². The second-order valence-electron chi connectivity index (χ2n) is 7.20. The van der Waals surface area contributed by atoms with Gasteiger partial charge in [0.05, 0.1) is 0 Å². The fourth-order valence-corrected chi connectivity index (χ4v) is 3.75. The van der Waals surface area contributed by atoms with Crippen LogP contribution < -0.4 is 0 Å². The van der Waals surface area contributed by atoms with Gasteiger partial charge in [-0.1, -0.05) is 66.7 Å². The fraction of sp³-hybridized carbons (Fsp3) is 0.240. The lowest BCUT2D eigenvalue weighted by molar-refractivity contribution is 0.298. The van der Waals surface area contributed by atoms with Gasteiger partial charge in [0.1, 0.15) is 0 Å². The van der Waals surface area contributed by atoms with Crippen LogP contribution in [0.5, 0.6) is 0 Å². The maximum atomic E-state index is 4.45. The van der Waals surface area contributed by atoms with Crippen LogP contribution in [0.3, 0.4) is 0 Å². The van der Waals surface area contributed by atoms with E-state index in [1.54, 1.807) is 0 Å². The summed E-state index contributed by atoms with van der Waals surface area (Å²) >= 11 is 0. The van der Waals surface area contributed by atoms with Gasteiger partial charge in [0.15, 0.2) is 0 Å². The quantitative estimate of drug-likeness (QED) is 0.583. The van der Waals surface area contributed by atoms with E-state index in [2.05, 4.69) is 82.7 Å². The van der Waals surface area contributed by atoms with Crippen molar-refractivity contribution in [1.82, 2.24) is 9.88 Å². The summed E-state index contributed by atoms with van der Waals surface area (Å²) < 4.78 is 0. The van der Waals surface area contributed by atoms with Gasteiger partial charge in [-0.3, -0.25) is 9.88 Å². The van der Waals surface area contributed by atoms with Gasteiger partial charge in [0, 0.05) is 31.0 Å². The summed E-state index contributed by atoms with van der Waals surface area (Å²) in [6.45, 7) is 3.36. The number of benzene rings is 2. The SMILES string of the molecule is C1=C(c2ccccc2)CCN(CCCc2cncc(-c3ccccc3)c2)C1. The Labute approximate surface area is 162 Å². The molecule has 0 aliphatic carbocycles. The van der Waals surface area contributed by atoms with Crippen molar-refractivity contribution in [1.29, 1.82) is 0 Å². The molecule has 0 amide bonds. The maximum absolute atomic E-state index is 4.45. The molecule has 0 saturated carbocycles. The molecule has 136 valence electrons. The zero-order valence-electron chi connectivity index (χ0n) is 15.7. The van der Waals surface area contributed by atoms with Crippen molar-refractivity contribution >= 4 is 5.57 Å². The Hall–Kier alpha value is -2.71. The van der Waals surface area contributed by atoms with Crippen LogP contribution in [-0.4, -0.2) is 29.5 Å². The van der Waals surface area contributed by atoms with E-state index in [0.29, 0.717) is 0 Å². The average Bonchev–Trinajstić information content (AvgIpc) is 2.76. The van der Waals surface area contributed by atoms with E-state index in [4.69, 9.17) is 0 Å². The van der Waals surface area contributed by atoms with E-state index in [0.717, 1.165) is 32.5 Å². The lowest BCUT2D eigenvalue weighted by Crippen LogP contribution is -2.29. The van der Waals surface area contributed by atoms with Gasteiger partial charge in [0.25, 0.3) is 0 Å². The second-order valence-corrected chi connectivity index (χ2v) is 7.20. The van der Waals surface area contributed by atoms with Crippen LogP contribution in [0.2, 0.25) is 0 Å². The van der Waals surface area contributed by atoms with Crippen molar-refractivity contribution < 1.29 is 0 Å². The summed E-state index contributed by atoms with van der Waals surface area (Å²) in [5.41, 5.74) is 6.64. The number of aromatic nitrogens is 1. The van der Waals surface area contributed by atoms with E-state index in [-0.39, 0.29) is 0 Å². The lowest BCUT2D eigenvalue weighted by atomic mass is 9.99. The summed E-state index contributed by atoms with van der Waals surface area (Å²) in [5.74, 6) is 0. The number of nitrogens with zero attached hydrogens (tertiary/aromatic N) is 2. The van der Waals surface area contributed by atoms with E-state index >= 15 is 0 Å². The van der Waals surface area contributed by atoms with Crippen LogP contribution in [-0.2, 0) is 6.42 Å². The highest BCUT2D eigenvalue weighted by Crippen LogP contribution is 2.23. The molecule has 0 unspecified atom stereocenters. The van der Waals surface area contributed by atoms with Crippen LogP contribution in [0.25, 0.3) is 16.7 Å². The molecule has 1 aliphatic heterocycles. The second kappa shape index (κ2) is 8.79. The highest BCUT2D eigenvalue weighted by atomic mass is 15.1. The molecule has 2 aromatic carbocycles. The van der Waals surface area contributed by atoms with E-state index in [1.807, 2.05) is 12.4 Å². The van der Waals surface area contributed by atoms with Crippen LogP contribution in [0.15, 0.2) is 85.2 Å². The van der Waals surface area contributed by atoms with Gasteiger partial charge in [-0.2, -0.15) is 0 Å². The van der Waals surface area contributed by atoms with Gasteiger partial charge in [-0.05, 0) is 54.1 Å². The Morgan fingerprint density at radius 1 is 0.815 bits per heavy atom. The first-order valence-corrected chi connectivity index (χ1v) is 9.85. The molecule has 2 heterocycles. The molecule has 4 rings (SSSR count). The number of hydrogen-bond acceptors (Lipinski definition) is 2. The molecule has 0 fully saturated rings. The first kappa shape index (κ1) is 17.7. The molecule has 2 nitrogen and oxygen atoms in total. The highest BCUT2D eigenvalue weighted by Gasteiger charge is 2.12. The molecule has 1 aliphatic rings. The molecule has 0 spiro atoms. The zero-order chi connectivity index (χ0) is 18.3. The summed E-state index contributed by atoms with van der Waals surface area (Å²) in [6, 6.07) is 23.5. The third kappa shape index (κ3) is 4.72. The Bertz CT molecular complexity index is 884. The minimum atomic E-state index is 1.06. The van der Waals surface area contributed by atoms with E-state index in [1.165, 1.54) is 34.2 Å². The number of aryl methyl sites for hydroxylation is 1. The van der Waals surface area contributed by atoms with Crippen LogP contribution in [0.4, 0.5) is 0 Å². The van der Waals surface area contributed by atoms with E-state index < -0.39 is 0 Å². The summed E-state index contributed by atoms with van der Waals surface area (Å²) in [4.78, 5) is 7.00. The third-order valence-electron chi connectivity index (χ3n) is 5.28. The Kier molecular flexibility index (Phi) is 5.76. The Morgan fingerprint density at radius 3 is 2.26 bits per heavy atom. The van der Waals surface area contributed by atoms with Crippen LogP contribution >= 0.6 is 0 Å². The fourth-order valence-electron chi connectivity index (χ4n) is 3.75. The summed E-state index contributed by atoms with van der Waals surface area (Å²) in [7, 11) is 0. The van der Waals surface area contributed by atoms with Crippen molar-refractivity contribution in [3.8, 4) is 11.1 Å². The zero-order valence-corrected chi connectivity index (χ0v) is 15.7. The smallest absolute Gasteiger partial charge is 0.0346 e. The minimum Gasteiger partial charge on any atom is -0.299 e. The molecule has 2 heteroatoms. The highest BCUT2D eigenvalue weighted by molar-refractivity contribution is 5.66. The molecule has 0 radical (unpaired) electrons. The lowest BCUT2D eigenvalue weighted by Gasteiger charge is -2.26. The molecular formula is C25H26N2. The van der Waals surface area contributed by atoms with Crippen molar-refractivity contribution in [2.24, 2.45) is 0 Å². The predicted molar refractivity (Wildman–Crippen MR) is 113 cm³/mol. The van der Waals surface area contributed by atoms with Gasteiger partial charge in [-0.25, -0.2) is 0 Å². The Morgan fingerprint density at radius 2 is 1.56 bits per heavy atom. The molecule has 0 atom stereocenters. The molecule has 0 N–H and O–H groups in total. The number of rotatable bonds is 6. The normalized spacial score (nSPS) is 14.7. The van der Waals surface area contributed by atoms with Crippen molar-refractivity contribution in [3.63, 3.8) is 0 Å². The molecule has 0 saturated heterocycles. The minimum absolute atomic E-state index is 1.06. The third-order valence-corrected chi connectivity index (χ3v) is 5.28. The van der Waals surface area contributed by atoms with Gasteiger partial charge in [-0.15, -0.1) is 0 Å². The van der Waals surface area contributed by atoms with Crippen LogP contribution in [0.1, 0.15) is 24.0 Å². The molecule has 3 aromatic rings. The predicted octanol–water partition coefficient (Wildman–Crippen LogP) is 5.47. The largest absolute Gasteiger partial charge is 0.299 e. The monoisotopic (exact) mass is 354 g/mol. The van der Waals surface area contributed by atoms with Gasteiger partial charge >= 0.3 is 0 Å². The van der Waals surface area contributed by atoms with Crippen molar-refractivity contribution in [2.75, 3.05) is 19.6 Å². The molecule has 27 heavy (non-hydrogen) atoms. The van der Waals surface area contributed by atoms with Crippen molar-refractivity contribution in [2.45, 2.75) is 19.3 Å². The first-order chi connectivity index (χ1) is 13.4.